The maximum absolute atomic E-state index is 9.57. The van der Waals surface area contributed by atoms with Crippen molar-refractivity contribution in [3.05, 3.63) is 148 Å². The van der Waals surface area contributed by atoms with Gasteiger partial charge >= 0.3 is 0 Å². The summed E-state index contributed by atoms with van der Waals surface area (Å²) in [5.74, 6) is 0. The first-order chi connectivity index (χ1) is 20.1. The van der Waals surface area contributed by atoms with Gasteiger partial charge in [0.1, 0.15) is 0 Å². The first-order valence-corrected chi connectivity index (χ1v) is 13.1. The van der Waals surface area contributed by atoms with Gasteiger partial charge in [0.25, 0.3) is 0 Å². The monoisotopic (exact) mass is 523 g/mol. The van der Waals surface area contributed by atoms with Crippen LogP contribution in [0.1, 0.15) is 44.5 Å². The van der Waals surface area contributed by atoms with E-state index in [-0.39, 0.29) is 0 Å². The van der Waals surface area contributed by atoms with E-state index in [0.717, 1.165) is 49.7 Å². The van der Waals surface area contributed by atoms with E-state index in [2.05, 4.69) is 65.2 Å². The molecule has 0 fully saturated rings. The van der Waals surface area contributed by atoms with Gasteiger partial charge in [-0.15, -0.1) is 0 Å². The minimum Gasteiger partial charge on any atom is -0.309 e. The molecule has 0 saturated carbocycles. The van der Waals surface area contributed by atoms with Crippen LogP contribution in [0.5, 0.6) is 0 Å². The lowest BCUT2D eigenvalue weighted by Crippen LogP contribution is -2.06. The molecular formula is C36H21N5. The number of hydrogen-bond acceptors (Lipinski definition) is 4. The fourth-order valence-electron chi connectivity index (χ4n) is 5.67. The third kappa shape index (κ3) is 4.66. The van der Waals surface area contributed by atoms with Crippen LogP contribution in [0.4, 0.5) is 0 Å². The highest BCUT2D eigenvalue weighted by atomic mass is 15.0. The van der Waals surface area contributed by atoms with Crippen molar-refractivity contribution in [1.82, 2.24) is 4.57 Å². The van der Waals surface area contributed by atoms with Crippen LogP contribution in [0.15, 0.2) is 103 Å². The van der Waals surface area contributed by atoms with Crippen LogP contribution < -0.4 is 0 Å². The lowest BCUT2D eigenvalue weighted by atomic mass is 9.93. The molecule has 5 nitrogen and oxygen atoms in total. The van der Waals surface area contributed by atoms with Gasteiger partial charge in [-0.3, -0.25) is 0 Å². The Labute approximate surface area is 237 Å². The molecule has 6 aromatic rings. The summed E-state index contributed by atoms with van der Waals surface area (Å²) in [6.07, 6.45) is 1.02. The van der Waals surface area contributed by atoms with Crippen LogP contribution in [0.2, 0.25) is 0 Å². The average molecular weight is 524 g/mol. The van der Waals surface area contributed by atoms with Crippen molar-refractivity contribution in [3.63, 3.8) is 0 Å². The van der Waals surface area contributed by atoms with Crippen LogP contribution in [0.3, 0.4) is 0 Å². The molecule has 1 heterocycles. The van der Waals surface area contributed by atoms with Crippen molar-refractivity contribution in [3.8, 4) is 30.0 Å². The number of benzene rings is 5. The second-order valence-corrected chi connectivity index (χ2v) is 9.93. The molecule has 0 aliphatic carbocycles. The van der Waals surface area contributed by atoms with Crippen molar-refractivity contribution in [2.45, 2.75) is 12.8 Å². The first-order valence-electron chi connectivity index (χ1n) is 13.1. The molecule has 6 rings (SSSR count). The second-order valence-electron chi connectivity index (χ2n) is 9.93. The summed E-state index contributed by atoms with van der Waals surface area (Å²) in [4.78, 5) is 0. The van der Waals surface area contributed by atoms with Gasteiger partial charge in [0.15, 0.2) is 0 Å². The number of fused-ring (bicyclic) bond motifs is 3. The molecule has 0 atom stereocenters. The van der Waals surface area contributed by atoms with Crippen molar-refractivity contribution >= 4 is 21.8 Å². The fourth-order valence-corrected chi connectivity index (χ4v) is 5.67. The Bertz CT molecular complexity index is 1940. The molecule has 0 aliphatic rings. The van der Waals surface area contributed by atoms with Crippen LogP contribution >= 0.6 is 0 Å². The van der Waals surface area contributed by atoms with Gasteiger partial charge in [-0.05, 0) is 83.6 Å². The number of nitriles is 4. The number of aromatic nitrogens is 1. The standard InChI is InChI=1S/C36H21N5/c37-20-26-12-24(13-27(16-26)21-38)18-30-6-5-7-31(19-25-14-28(22-39)17-29(15-25)23-40)36(30)41-34-10-3-1-8-32(34)33-9-2-4-11-35(33)41/h1-17H,18-19H2. The number of rotatable bonds is 5. The maximum atomic E-state index is 9.57. The Morgan fingerprint density at radius 3 is 1.24 bits per heavy atom. The van der Waals surface area contributed by atoms with Gasteiger partial charge in [0, 0.05) is 10.8 Å². The van der Waals surface area contributed by atoms with Crippen LogP contribution in [0.25, 0.3) is 27.5 Å². The minimum atomic E-state index is 0.450. The summed E-state index contributed by atoms with van der Waals surface area (Å²) in [6, 6.07) is 42.0. The van der Waals surface area contributed by atoms with Crippen LogP contribution in [-0.2, 0) is 12.8 Å². The van der Waals surface area contributed by atoms with Gasteiger partial charge in [-0.25, -0.2) is 0 Å². The Balaban J connectivity index is 1.63. The summed E-state index contributed by atoms with van der Waals surface area (Å²) in [5.41, 5.74) is 8.75. The highest BCUT2D eigenvalue weighted by Gasteiger charge is 2.19. The van der Waals surface area contributed by atoms with Gasteiger partial charge in [-0.1, -0.05) is 54.6 Å². The number of hydrogen-bond donors (Lipinski definition) is 0. The van der Waals surface area contributed by atoms with Crippen LogP contribution in [0, 0.1) is 45.3 Å². The highest BCUT2D eigenvalue weighted by Crippen LogP contribution is 2.36. The van der Waals surface area contributed by atoms with E-state index in [0.29, 0.717) is 35.1 Å². The molecule has 0 aliphatic heterocycles. The van der Waals surface area contributed by atoms with E-state index < -0.39 is 0 Å². The lowest BCUT2D eigenvalue weighted by Gasteiger charge is -2.19. The zero-order valence-electron chi connectivity index (χ0n) is 22.0. The maximum Gasteiger partial charge on any atom is 0.0992 e. The van der Waals surface area contributed by atoms with E-state index in [1.54, 1.807) is 12.1 Å². The quantitative estimate of drug-likeness (QED) is 0.234. The predicted molar refractivity (Wildman–Crippen MR) is 158 cm³/mol. The van der Waals surface area contributed by atoms with Crippen LogP contribution in [-0.4, -0.2) is 4.57 Å². The lowest BCUT2D eigenvalue weighted by molar-refractivity contribution is 1.04. The molecule has 1 aromatic heterocycles. The molecule has 41 heavy (non-hydrogen) atoms. The largest absolute Gasteiger partial charge is 0.309 e. The molecule has 0 N–H and O–H groups in total. The molecule has 0 radical (unpaired) electrons. The van der Waals surface area contributed by atoms with E-state index in [1.807, 2.05) is 54.6 Å². The third-order valence-corrected chi connectivity index (χ3v) is 7.30. The zero-order chi connectivity index (χ0) is 28.3. The zero-order valence-corrected chi connectivity index (χ0v) is 22.0. The minimum absolute atomic E-state index is 0.450. The van der Waals surface area contributed by atoms with E-state index >= 15 is 0 Å². The van der Waals surface area contributed by atoms with Gasteiger partial charge in [0.2, 0.25) is 0 Å². The predicted octanol–water partition coefficient (Wildman–Crippen LogP) is 7.45. The molecule has 0 bridgehead atoms. The Morgan fingerprint density at radius 2 is 0.854 bits per heavy atom. The average Bonchev–Trinajstić information content (AvgIpc) is 3.35. The molecule has 190 valence electrons. The van der Waals surface area contributed by atoms with Gasteiger partial charge in [-0.2, -0.15) is 21.0 Å². The fraction of sp³-hybridized carbons (Fsp3) is 0.0556. The summed E-state index contributed by atoms with van der Waals surface area (Å²) in [7, 11) is 0. The highest BCUT2D eigenvalue weighted by molar-refractivity contribution is 6.09. The summed E-state index contributed by atoms with van der Waals surface area (Å²) >= 11 is 0. The Morgan fingerprint density at radius 1 is 0.463 bits per heavy atom. The van der Waals surface area contributed by atoms with E-state index in [9.17, 15) is 21.0 Å². The topological polar surface area (TPSA) is 100 Å². The van der Waals surface area contributed by atoms with E-state index in [4.69, 9.17) is 0 Å². The second kappa shape index (κ2) is 10.6. The SMILES string of the molecule is N#Cc1cc(C#N)cc(Cc2cccc(Cc3cc(C#N)cc(C#N)c3)c2-n2c3ccccc3c3ccccc32)c1. The number of para-hydroxylation sites is 3. The third-order valence-electron chi connectivity index (χ3n) is 7.30. The molecule has 5 heteroatoms. The molecule has 0 unspecified atom stereocenters. The smallest absolute Gasteiger partial charge is 0.0992 e. The first kappa shape index (κ1) is 25.2. The molecule has 5 aromatic carbocycles. The summed E-state index contributed by atoms with van der Waals surface area (Å²) < 4.78 is 2.29. The van der Waals surface area contributed by atoms with E-state index in [1.165, 1.54) is 0 Å². The Hall–Kier alpha value is -6.14. The van der Waals surface area contributed by atoms with Crippen molar-refractivity contribution in [1.29, 1.82) is 21.0 Å². The Kier molecular flexibility index (Phi) is 6.47. The number of nitrogens with zero attached hydrogens (tertiary/aromatic N) is 5. The molecule has 0 saturated heterocycles. The van der Waals surface area contributed by atoms with Gasteiger partial charge in [0.05, 0.1) is 63.3 Å². The van der Waals surface area contributed by atoms with Crippen molar-refractivity contribution in [2.75, 3.05) is 0 Å². The van der Waals surface area contributed by atoms with Gasteiger partial charge < -0.3 is 4.57 Å². The molecule has 0 amide bonds. The van der Waals surface area contributed by atoms with Crippen molar-refractivity contribution < 1.29 is 0 Å². The summed E-state index contributed by atoms with van der Waals surface area (Å²) in [5, 5.41) is 40.6. The molecule has 0 spiro atoms. The molecular weight excluding hydrogens is 502 g/mol. The summed E-state index contributed by atoms with van der Waals surface area (Å²) in [6.45, 7) is 0. The normalized spacial score (nSPS) is 10.5. The van der Waals surface area contributed by atoms with Crippen molar-refractivity contribution in [2.24, 2.45) is 0 Å².